The van der Waals surface area contributed by atoms with E-state index in [4.69, 9.17) is 5.73 Å². The number of aromatic nitrogens is 3. The minimum absolute atomic E-state index is 0.0869. The van der Waals surface area contributed by atoms with Gasteiger partial charge in [0.1, 0.15) is 11.6 Å². The molecule has 1 aliphatic heterocycles. The van der Waals surface area contributed by atoms with Crippen LogP contribution in [0.2, 0.25) is 0 Å². The molecule has 2 amide bonds. The van der Waals surface area contributed by atoms with Gasteiger partial charge in [-0.05, 0) is 67.8 Å². The second-order valence-corrected chi connectivity index (χ2v) is 11.2. The first-order chi connectivity index (χ1) is 19.0. The Hall–Kier alpha value is -3.30. The van der Waals surface area contributed by atoms with E-state index in [-0.39, 0.29) is 17.9 Å². The van der Waals surface area contributed by atoms with E-state index >= 15 is 0 Å². The van der Waals surface area contributed by atoms with Gasteiger partial charge in [0.2, 0.25) is 11.8 Å². The molecule has 1 aliphatic carbocycles. The van der Waals surface area contributed by atoms with Gasteiger partial charge in [-0.1, -0.05) is 60.9 Å². The molecule has 0 spiro atoms. The van der Waals surface area contributed by atoms with Gasteiger partial charge in [0.25, 0.3) is 0 Å². The Balaban J connectivity index is 1.22. The summed E-state index contributed by atoms with van der Waals surface area (Å²) in [6.07, 6.45) is 8.30. The predicted molar refractivity (Wildman–Crippen MR) is 152 cm³/mol. The van der Waals surface area contributed by atoms with Crippen LogP contribution in [0.4, 0.5) is 0 Å². The van der Waals surface area contributed by atoms with Gasteiger partial charge in [0.05, 0.1) is 11.6 Å². The lowest BCUT2D eigenvalue weighted by molar-refractivity contribution is -0.139. The molecule has 208 valence electrons. The van der Waals surface area contributed by atoms with Gasteiger partial charge in [-0.15, -0.1) is 5.10 Å². The van der Waals surface area contributed by atoms with E-state index in [0.29, 0.717) is 31.8 Å². The van der Waals surface area contributed by atoms with Crippen molar-refractivity contribution in [2.75, 3.05) is 13.1 Å². The molecule has 5 rings (SSSR count). The molecule has 2 fully saturated rings. The van der Waals surface area contributed by atoms with Gasteiger partial charge in [0, 0.05) is 26.2 Å². The highest BCUT2D eigenvalue weighted by atomic mass is 16.2. The first kappa shape index (κ1) is 27.3. The molecule has 3 aromatic rings. The highest BCUT2D eigenvalue weighted by Crippen LogP contribution is 2.25. The largest absolute Gasteiger partial charge is 0.350 e. The summed E-state index contributed by atoms with van der Waals surface area (Å²) in [4.78, 5) is 28.7. The third-order valence-corrected chi connectivity index (χ3v) is 8.35. The third kappa shape index (κ3) is 6.83. The fraction of sp³-hybridized carbons (Fsp3) is 0.533. The molecule has 9 heteroatoms. The van der Waals surface area contributed by atoms with Crippen molar-refractivity contribution in [3.8, 4) is 0 Å². The number of carbonyl (C=O) groups excluding carboxylic acids is 2. The molecule has 0 bridgehead atoms. The third-order valence-electron chi connectivity index (χ3n) is 8.35. The molecule has 39 heavy (non-hydrogen) atoms. The van der Waals surface area contributed by atoms with Gasteiger partial charge in [-0.3, -0.25) is 9.59 Å². The standard InChI is InChI=1S/C30H41N7O2/c1-36-27-15-13-23(16-26(27)34-35-36)19-33-29(38)28-17-24(32-18-22-10-6-3-7-11-22)20-37(28)30(39)25(31)14-12-21-8-4-2-5-9-21/h2,4-5,8-9,13,15-16,22,24-25,28,32H,3,6-7,10-12,14,17-20,31H2,1H3,(H,33,38). The molecule has 1 saturated heterocycles. The highest BCUT2D eigenvalue weighted by Gasteiger charge is 2.40. The SMILES string of the molecule is Cn1nnc2cc(CNC(=O)C3CC(NCC4CCCCC4)CN3C(=O)C(N)CCc3ccccc3)ccc21. The van der Waals surface area contributed by atoms with E-state index in [2.05, 4.69) is 20.9 Å². The molecule has 0 radical (unpaired) electrons. The number of likely N-dealkylation sites (tertiary alicyclic amines) is 1. The average molecular weight is 532 g/mol. The van der Waals surface area contributed by atoms with Crippen molar-refractivity contribution in [2.45, 2.75) is 76.0 Å². The zero-order chi connectivity index (χ0) is 27.2. The van der Waals surface area contributed by atoms with Crippen molar-refractivity contribution < 1.29 is 9.59 Å². The van der Waals surface area contributed by atoms with E-state index in [1.165, 1.54) is 32.1 Å². The minimum atomic E-state index is -0.642. The number of hydrogen-bond acceptors (Lipinski definition) is 6. The maximum atomic E-state index is 13.5. The smallest absolute Gasteiger partial charge is 0.243 e. The maximum absolute atomic E-state index is 13.5. The van der Waals surface area contributed by atoms with Gasteiger partial charge >= 0.3 is 0 Å². The molecule has 3 atom stereocenters. The first-order valence-corrected chi connectivity index (χ1v) is 14.4. The molecule has 1 saturated carbocycles. The second-order valence-electron chi connectivity index (χ2n) is 11.2. The molecular formula is C30H41N7O2. The van der Waals surface area contributed by atoms with Crippen molar-refractivity contribution >= 4 is 22.8 Å². The van der Waals surface area contributed by atoms with E-state index in [9.17, 15) is 9.59 Å². The van der Waals surface area contributed by atoms with Crippen molar-refractivity contribution in [1.29, 1.82) is 0 Å². The van der Waals surface area contributed by atoms with Crippen LogP contribution in [0.15, 0.2) is 48.5 Å². The summed E-state index contributed by atoms with van der Waals surface area (Å²) < 4.78 is 1.72. The number of nitrogens with zero attached hydrogens (tertiary/aromatic N) is 4. The van der Waals surface area contributed by atoms with Crippen LogP contribution in [0.5, 0.6) is 0 Å². The van der Waals surface area contributed by atoms with Crippen LogP contribution >= 0.6 is 0 Å². The Bertz CT molecular complexity index is 1250. The molecule has 2 aromatic carbocycles. The van der Waals surface area contributed by atoms with Crippen LogP contribution in [-0.2, 0) is 29.6 Å². The lowest BCUT2D eigenvalue weighted by atomic mass is 9.89. The van der Waals surface area contributed by atoms with Crippen molar-refractivity contribution in [1.82, 2.24) is 30.5 Å². The molecule has 3 unspecified atom stereocenters. The molecule has 9 nitrogen and oxygen atoms in total. The number of carbonyl (C=O) groups is 2. The number of nitrogens with two attached hydrogens (primary N) is 1. The maximum Gasteiger partial charge on any atom is 0.243 e. The molecule has 4 N–H and O–H groups in total. The van der Waals surface area contributed by atoms with Crippen LogP contribution in [-0.4, -0.2) is 62.9 Å². The van der Waals surface area contributed by atoms with Gasteiger partial charge in [-0.2, -0.15) is 0 Å². The lowest BCUT2D eigenvalue weighted by Crippen LogP contribution is -2.51. The molecule has 2 aliphatic rings. The number of rotatable bonds is 10. The summed E-state index contributed by atoms with van der Waals surface area (Å²) >= 11 is 0. The monoisotopic (exact) mass is 531 g/mol. The minimum Gasteiger partial charge on any atom is -0.350 e. The van der Waals surface area contributed by atoms with Crippen LogP contribution in [0.3, 0.4) is 0 Å². The number of fused-ring (bicyclic) bond motifs is 1. The first-order valence-electron chi connectivity index (χ1n) is 14.4. The number of aryl methyl sites for hydroxylation is 2. The quantitative estimate of drug-likeness (QED) is 0.370. The Kier molecular flexibility index (Phi) is 8.88. The van der Waals surface area contributed by atoms with E-state index in [0.717, 1.165) is 35.1 Å². The van der Waals surface area contributed by atoms with Gasteiger partial charge in [-0.25, -0.2) is 4.68 Å². The topological polar surface area (TPSA) is 118 Å². The number of amides is 2. The Morgan fingerprint density at radius 3 is 2.67 bits per heavy atom. The second kappa shape index (κ2) is 12.7. The number of benzene rings is 2. The Morgan fingerprint density at radius 1 is 1.08 bits per heavy atom. The lowest BCUT2D eigenvalue weighted by Gasteiger charge is -2.27. The summed E-state index contributed by atoms with van der Waals surface area (Å²) in [6, 6.07) is 14.8. The van der Waals surface area contributed by atoms with Gasteiger partial charge < -0.3 is 21.3 Å². The predicted octanol–water partition coefficient (Wildman–Crippen LogP) is 2.68. The summed E-state index contributed by atoms with van der Waals surface area (Å²) in [5.41, 5.74) is 10.2. The fourth-order valence-electron chi connectivity index (χ4n) is 6.01. The van der Waals surface area contributed by atoms with E-state index in [1.807, 2.05) is 55.6 Å². The number of nitrogens with one attached hydrogen (secondary N) is 2. The normalized spacial score (nSPS) is 20.8. The van der Waals surface area contributed by atoms with Crippen LogP contribution < -0.4 is 16.4 Å². The zero-order valence-corrected chi connectivity index (χ0v) is 22.9. The number of hydrogen-bond donors (Lipinski definition) is 3. The molecule has 2 heterocycles. The van der Waals surface area contributed by atoms with Crippen LogP contribution in [0, 0.1) is 5.92 Å². The van der Waals surface area contributed by atoms with Crippen LogP contribution in [0.25, 0.3) is 11.0 Å². The summed E-state index contributed by atoms with van der Waals surface area (Å²) in [6.45, 7) is 1.82. The molecular weight excluding hydrogens is 490 g/mol. The highest BCUT2D eigenvalue weighted by molar-refractivity contribution is 5.90. The summed E-state index contributed by atoms with van der Waals surface area (Å²) in [5.74, 6) is 0.397. The summed E-state index contributed by atoms with van der Waals surface area (Å²) in [7, 11) is 1.85. The van der Waals surface area contributed by atoms with E-state index < -0.39 is 12.1 Å². The van der Waals surface area contributed by atoms with E-state index in [1.54, 1.807) is 9.58 Å². The summed E-state index contributed by atoms with van der Waals surface area (Å²) in [5, 5.41) is 15.0. The van der Waals surface area contributed by atoms with Crippen molar-refractivity contribution in [3.63, 3.8) is 0 Å². The van der Waals surface area contributed by atoms with Gasteiger partial charge in [0.15, 0.2) is 0 Å². The van der Waals surface area contributed by atoms with Crippen LogP contribution in [0.1, 0.15) is 56.1 Å². The zero-order valence-electron chi connectivity index (χ0n) is 22.9. The van der Waals surface area contributed by atoms with Crippen molar-refractivity contribution in [2.24, 2.45) is 18.7 Å². The van der Waals surface area contributed by atoms with Crippen molar-refractivity contribution in [3.05, 3.63) is 59.7 Å². The fourth-order valence-corrected chi connectivity index (χ4v) is 6.01. The Labute approximate surface area is 230 Å². The molecule has 1 aromatic heterocycles. The average Bonchev–Trinajstić information content (AvgIpc) is 3.57. The Morgan fingerprint density at radius 2 is 1.87 bits per heavy atom.